The number of halogens is 3. The molecule has 0 bridgehead atoms. The highest BCUT2D eigenvalue weighted by Gasteiger charge is 2.30. The second-order valence-electron chi connectivity index (χ2n) is 5.49. The predicted octanol–water partition coefficient (Wildman–Crippen LogP) is 2.98. The van der Waals surface area contributed by atoms with E-state index in [0.717, 1.165) is 12.1 Å². The molecule has 1 heterocycles. The number of amides is 2. The molecule has 2 N–H and O–H groups in total. The molecule has 2 rings (SSSR count). The Kier molecular flexibility index (Phi) is 7.06. The molecule has 0 atom stereocenters. The van der Waals surface area contributed by atoms with Gasteiger partial charge in [0, 0.05) is 18.5 Å². The van der Waals surface area contributed by atoms with E-state index < -0.39 is 11.7 Å². The van der Waals surface area contributed by atoms with Gasteiger partial charge < -0.3 is 15.1 Å². The Morgan fingerprint density at radius 3 is 2.63 bits per heavy atom. The second kappa shape index (κ2) is 9.48. The van der Waals surface area contributed by atoms with Gasteiger partial charge in [-0.1, -0.05) is 17.9 Å². The fourth-order valence-electron chi connectivity index (χ4n) is 2.10. The van der Waals surface area contributed by atoms with Crippen molar-refractivity contribution in [3.63, 3.8) is 0 Å². The van der Waals surface area contributed by atoms with E-state index in [4.69, 9.17) is 4.42 Å². The van der Waals surface area contributed by atoms with E-state index in [0.29, 0.717) is 13.0 Å². The summed E-state index contributed by atoms with van der Waals surface area (Å²) in [5, 5.41) is 5.16. The lowest BCUT2D eigenvalue weighted by Crippen LogP contribution is -2.27. The Hall–Kier alpha value is -3.21. The summed E-state index contributed by atoms with van der Waals surface area (Å²) in [6.07, 6.45) is -2.41. The molecule has 0 radical (unpaired) electrons. The van der Waals surface area contributed by atoms with Crippen molar-refractivity contribution >= 4 is 11.8 Å². The largest absolute Gasteiger partial charge is 0.459 e. The van der Waals surface area contributed by atoms with Gasteiger partial charge in [-0.05, 0) is 36.8 Å². The van der Waals surface area contributed by atoms with Gasteiger partial charge in [-0.3, -0.25) is 9.59 Å². The second-order valence-corrected chi connectivity index (χ2v) is 5.49. The number of furan rings is 1. The van der Waals surface area contributed by atoms with Crippen molar-refractivity contribution in [3.05, 3.63) is 59.5 Å². The van der Waals surface area contributed by atoms with Crippen molar-refractivity contribution in [2.24, 2.45) is 0 Å². The lowest BCUT2D eigenvalue weighted by molar-refractivity contribution is -0.137. The number of carbonyl (C=O) groups excluding carboxylic acids is 2. The fraction of sp³-hybridized carbons (Fsp3) is 0.263. The summed E-state index contributed by atoms with van der Waals surface area (Å²) in [7, 11) is 0. The van der Waals surface area contributed by atoms with Gasteiger partial charge in [0.05, 0.1) is 18.4 Å². The Morgan fingerprint density at radius 2 is 1.93 bits per heavy atom. The van der Waals surface area contributed by atoms with Crippen LogP contribution in [0.5, 0.6) is 0 Å². The van der Waals surface area contributed by atoms with Crippen LogP contribution in [0.3, 0.4) is 0 Å². The molecule has 2 aromatic rings. The van der Waals surface area contributed by atoms with Crippen LogP contribution in [0.2, 0.25) is 0 Å². The average molecular weight is 378 g/mol. The highest BCUT2D eigenvalue weighted by Crippen LogP contribution is 2.29. The first-order chi connectivity index (χ1) is 12.9. The average Bonchev–Trinajstić information content (AvgIpc) is 3.16. The molecular formula is C19H17F3N2O3. The van der Waals surface area contributed by atoms with Crippen LogP contribution in [-0.2, 0) is 11.0 Å². The number of carbonyl (C=O) groups is 2. The summed E-state index contributed by atoms with van der Waals surface area (Å²) in [6.45, 7) is 0.330. The van der Waals surface area contributed by atoms with Crippen LogP contribution in [-0.4, -0.2) is 24.9 Å². The van der Waals surface area contributed by atoms with Crippen molar-refractivity contribution in [1.29, 1.82) is 0 Å². The zero-order valence-electron chi connectivity index (χ0n) is 14.2. The molecule has 142 valence electrons. The third kappa shape index (κ3) is 6.90. The Balaban J connectivity index is 1.67. The zero-order chi connectivity index (χ0) is 19.7. The first-order valence-electron chi connectivity index (χ1n) is 8.11. The van der Waals surface area contributed by atoms with Crippen LogP contribution in [0.4, 0.5) is 13.2 Å². The van der Waals surface area contributed by atoms with Gasteiger partial charge in [-0.2, -0.15) is 13.2 Å². The van der Waals surface area contributed by atoms with E-state index in [1.165, 1.54) is 24.5 Å². The molecule has 0 fully saturated rings. The molecule has 0 aliphatic heterocycles. The Morgan fingerprint density at radius 1 is 1.11 bits per heavy atom. The van der Waals surface area contributed by atoms with E-state index >= 15 is 0 Å². The van der Waals surface area contributed by atoms with Gasteiger partial charge in [-0.15, -0.1) is 0 Å². The van der Waals surface area contributed by atoms with E-state index in [-0.39, 0.29) is 36.1 Å². The molecule has 0 spiro atoms. The number of hydrogen-bond acceptors (Lipinski definition) is 3. The minimum Gasteiger partial charge on any atom is -0.459 e. The molecule has 0 saturated carbocycles. The molecule has 1 aromatic carbocycles. The minimum absolute atomic E-state index is 0.0217. The topological polar surface area (TPSA) is 71.3 Å². The van der Waals surface area contributed by atoms with E-state index in [1.807, 2.05) is 0 Å². The van der Waals surface area contributed by atoms with Gasteiger partial charge in [-0.25, -0.2) is 0 Å². The van der Waals surface area contributed by atoms with Crippen LogP contribution >= 0.6 is 0 Å². The molecule has 0 aliphatic rings. The Labute approximate surface area is 153 Å². The van der Waals surface area contributed by atoms with E-state index in [1.54, 1.807) is 6.07 Å². The van der Waals surface area contributed by atoms with Gasteiger partial charge in [0.1, 0.15) is 0 Å². The molecule has 5 nitrogen and oxygen atoms in total. The maximum Gasteiger partial charge on any atom is 0.416 e. The number of alkyl halides is 3. The van der Waals surface area contributed by atoms with Crippen LogP contribution in [0.1, 0.15) is 34.5 Å². The Bertz CT molecular complexity index is 834. The van der Waals surface area contributed by atoms with Crippen molar-refractivity contribution in [3.8, 4) is 11.8 Å². The van der Waals surface area contributed by atoms with Gasteiger partial charge in [0.2, 0.25) is 5.91 Å². The van der Waals surface area contributed by atoms with Gasteiger partial charge >= 0.3 is 6.18 Å². The summed E-state index contributed by atoms with van der Waals surface area (Å²) in [4.78, 5) is 23.2. The highest BCUT2D eigenvalue weighted by molar-refractivity contribution is 5.91. The van der Waals surface area contributed by atoms with Gasteiger partial charge in [0.15, 0.2) is 5.76 Å². The van der Waals surface area contributed by atoms with Crippen LogP contribution in [0.25, 0.3) is 0 Å². The summed E-state index contributed by atoms with van der Waals surface area (Å²) < 4.78 is 42.7. The summed E-state index contributed by atoms with van der Waals surface area (Å²) in [6, 6.07) is 7.80. The van der Waals surface area contributed by atoms with Crippen molar-refractivity contribution in [1.82, 2.24) is 10.6 Å². The third-order valence-corrected chi connectivity index (χ3v) is 3.41. The summed E-state index contributed by atoms with van der Waals surface area (Å²) in [5.41, 5.74) is -0.547. The standard InChI is InChI=1S/C19H17F3N2O3/c20-19(21,22)15-7-1-5-14(13-15)6-2-10-23-17(25)9-3-11-24-18(26)16-8-4-12-27-16/h1,4-5,7-8,12-13H,3,9-11H2,(H,23,25)(H,24,26). The van der Waals surface area contributed by atoms with Crippen molar-refractivity contribution in [2.45, 2.75) is 19.0 Å². The minimum atomic E-state index is -4.42. The summed E-state index contributed by atoms with van der Waals surface area (Å²) >= 11 is 0. The van der Waals surface area contributed by atoms with Crippen molar-refractivity contribution in [2.75, 3.05) is 13.1 Å². The van der Waals surface area contributed by atoms with Crippen molar-refractivity contribution < 1.29 is 27.2 Å². The molecule has 0 aliphatic carbocycles. The number of hydrogen-bond donors (Lipinski definition) is 2. The normalized spacial score (nSPS) is 10.6. The molecule has 0 saturated heterocycles. The fourth-order valence-corrected chi connectivity index (χ4v) is 2.10. The first-order valence-corrected chi connectivity index (χ1v) is 8.11. The molecule has 0 unspecified atom stereocenters. The van der Waals surface area contributed by atoms with E-state index in [9.17, 15) is 22.8 Å². The SMILES string of the molecule is O=C(CCCNC(=O)c1ccco1)NCC#Cc1cccc(C(F)(F)F)c1. The lowest BCUT2D eigenvalue weighted by Gasteiger charge is -2.05. The van der Waals surface area contributed by atoms with Crippen LogP contribution in [0, 0.1) is 11.8 Å². The van der Waals surface area contributed by atoms with E-state index in [2.05, 4.69) is 22.5 Å². The maximum absolute atomic E-state index is 12.6. The molecule has 27 heavy (non-hydrogen) atoms. The monoisotopic (exact) mass is 378 g/mol. The lowest BCUT2D eigenvalue weighted by atomic mass is 10.1. The molecule has 2 amide bonds. The highest BCUT2D eigenvalue weighted by atomic mass is 19.4. The zero-order valence-corrected chi connectivity index (χ0v) is 14.2. The van der Waals surface area contributed by atoms with Crippen LogP contribution in [0.15, 0.2) is 47.1 Å². The van der Waals surface area contributed by atoms with Gasteiger partial charge in [0.25, 0.3) is 5.91 Å². The van der Waals surface area contributed by atoms with Crippen LogP contribution < -0.4 is 10.6 Å². The third-order valence-electron chi connectivity index (χ3n) is 3.41. The maximum atomic E-state index is 12.6. The smallest absolute Gasteiger partial charge is 0.416 e. The molecular weight excluding hydrogens is 361 g/mol. The molecule has 1 aromatic heterocycles. The number of benzene rings is 1. The first kappa shape index (κ1) is 20.1. The predicted molar refractivity (Wildman–Crippen MR) is 91.6 cm³/mol. The quantitative estimate of drug-likeness (QED) is 0.600. The summed E-state index contributed by atoms with van der Waals surface area (Å²) in [5.74, 6) is 4.77. The molecule has 8 heteroatoms. The number of nitrogens with one attached hydrogen (secondary N) is 2. The number of rotatable bonds is 6.